The Bertz CT molecular complexity index is 396. The van der Waals surface area contributed by atoms with Crippen LogP contribution in [0.1, 0.15) is 55.7 Å². The number of nitrogens with zero attached hydrogens (tertiary/aromatic N) is 1. The molecule has 0 fully saturated rings. The summed E-state index contributed by atoms with van der Waals surface area (Å²) in [7, 11) is 0. The van der Waals surface area contributed by atoms with E-state index >= 15 is 0 Å². The predicted octanol–water partition coefficient (Wildman–Crippen LogP) is 3.67. The third-order valence-corrected chi connectivity index (χ3v) is 3.62. The van der Waals surface area contributed by atoms with Gasteiger partial charge in [0.25, 0.3) is 0 Å². The summed E-state index contributed by atoms with van der Waals surface area (Å²) in [5.74, 6) is 0. The van der Waals surface area contributed by atoms with Gasteiger partial charge in [-0.1, -0.05) is 24.5 Å². The number of aryl methyl sites for hydroxylation is 1. The standard InChI is InChI=1S/C15H22N2/c1-12-11-17-10-9-14(12)15(16)13-7-5-3-2-4-6-8-13/h7,9-11,15H,2-6,8,16H2,1H3/b13-7+. The van der Waals surface area contributed by atoms with E-state index in [2.05, 4.69) is 24.1 Å². The van der Waals surface area contributed by atoms with Crippen LogP contribution in [0.15, 0.2) is 30.1 Å². The van der Waals surface area contributed by atoms with Crippen molar-refractivity contribution in [2.24, 2.45) is 5.73 Å². The normalized spacial score (nSPS) is 22.1. The molecule has 1 aromatic rings. The smallest absolute Gasteiger partial charge is 0.0514 e. The van der Waals surface area contributed by atoms with Crippen LogP contribution in [-0.4, -0.2) is 4.98 Å². The monoisotopic (exact) mass is 230 g/mol. The number of pyridine rings is 1. The third-order valence-electron chi connectivity index (χ3n) is 3.62. The second kappa shape index (κ2) is 5.97. The maximum atomic E-state index is 6.39. The van der Waals surface area contributed by atoms with Gasteiger partial charge in [0, 0.05) is 12.4 Å². The highest BCUT2D eigenvalue weighted by molar-refractivity contribution is 5.32. The molecule has 0 aliphatic heterocycles. The molecule has 2 N–H and O–H groups in total. The molecule has 17 heavy (non-hydrogen) atoms. The fourth-order valence-corrected chi connectivity index (χ4v) is 2.53. The molecule has 1 aliphatic rings. The molecule has 0 saturated heterocycles. The van der Waals surface area contributed by atoms with E-state index in [1.165, 1.54) is 48.8 Å². The molecule has 92 valence electrons. The fraction of sp³-hybridized carbons (Fsp3) is 0.533. The van der Waals surface area contributed by atoms with Gasteiger partial charge in [0.05, 0.1) is 6.04 Å². The molecule has 2 rings (SSSR count). The van der Waals surface area contributed by atoms with Gasteiger partial charge in [-0.3, -0.25) is 4.98 Å². The van der Waals surface area contributed by atoms with Crippen LogP contribution < -0.4 is 5.73 Å². The number of hydrogen-bond donors (Lipinski definition) is 1. The lowest BCUT2D eigenvalue weighted by molar-refractivity contribution is 0.602. The Morgan fingerprint density at radius 1 is 1.24 bits per heavy atom. The van der Waals surface area contributed by atoms with E-state index in [-0.39, 0.29) is 6.04 Å². The van der Waals surface area contributed by atoms with Gasteiger partial charge in [0.1, 0.15) is 0 Å². The van der Waals surface area contributed by atoms with Gasteiger partial charge in [-0.2, -0.15) is 0 Å². The van der Waals surface area contributed by atoms with Gasteiger partial charge < -0.3 is 5.73 Å². The molecule has 0 amide bonds. The zero-order valence-electron chi connectivity index (χ0n) is 10.7. The van der Waals surface area contributed by atoms with E-state index in [1.807, 2.05) is 12.4 Å². The Morgan fingerprint density at radius 2 is 2.06 bits per heavy atom. The number of aromatic nitrogens is 1. The summed E-state index contributed by atoms with van der Waals surface area (Å²) in [6, 6.07) is 2.12. The van der Waals surface area contributed by atoms with Gasteiger partial charge in [-0.05, 0) is 49.8 Å². The lowest BCUT2D eigenvalue weighted by atomic mass is 9.90. The summed E-state index contributed by atoms with van der Waals surface area (Å²) in [6.45, 7) is 2.09. The molecule has 2 nitrogen and oxygen atoms in total. The van der Waals surface area contributed by atoms with Crippen LogP contribution in [0.2, 0.25) is 0 Å². The Labute approximate surface area is 104 Å². The van der Waals surface area contributed by atoms with Gasteiger partial charge in [0.15, 0.2) is 0 Å². The largest absolute Gasteiger partial charge is 0.321 e. The number of allylic oxidation sites excluding steroid dienone is 1. The van der Waals surface area contributed by atoms with Crippen molar-refractivity contribution in [1.29, 1.82) is 0 Å². The Kier molecular flexibility index (Phi) is 4.32. The van der Waals surface area contributed by atoms with Crippen LogP contribution in [0.5, 0.6) is 0 Å². The molecule has 2 heteroatoms. The number of rotatable bonds is 2. The van der Waals surface area contributed by atoms with Gasteiger partial charge in [0.2, 0.25) is 0 Å². The first-order valence-corrected chi connectivity index (χ1v) is 6.64. The van der Waals surface area contributed by atoms with E-state index in [9.17, 15) is 0 Å². The van der Waals surface area contributed by atoms with Crippen LogP contribution in [0, 0.1) is 6.92 Å². The molecule has 0 spiro atoms. The summed E-state index contributed by atoms with van der Waals surface area (Å²) in [6.07, 6.45) is 13.8. The van der Waals surface area contributed by atoms with Crippen molar-refractivity contribution in [3.05, 3.63) is 41.2 Å². The molecular weight excluding hydrogens is 208 g/mol. The maximum absolute atomic E-state index is 6.39. The fourth-order valence-electron chi connectivity index (χ4n) is 2.53. The maximum Gasteiger partial charge on any atom is 0.0514 e. The molecule has 0 saturated carbocycles. The minimum absolute atomic E-state index is 0.0658. The molecule has 0 aromatic carbocycles. The molecular formula is C15H22N2. The summed E-state index contributed by atoms with van der Waals surface area (Å²) < 4.78 is 0. The van der Waals surface area contributed by atoms with E-state index in [0.717, 1.165) is 6.42 Å². The second-order valence-corrected chi connectivity index (χ2v) is 4.94. The first-order chi connectivity index (χ1) is 8.29. The quantitative estimate of drug-likeness (QED) is 0.787. The molecule has 1 aromatic heterocycles. The first-order valence-electron chi connectivity index (χ1n) is 6.64. The average molecular weight is 230 g/mol. The van der Waals surface area contributed by atoms with Crippen molar-refractivity contribution in [2.45, 2.75) is 51.5 Å². The molecule has 1 atom stereocenters. The summed E-state index contributed by atoms with van der Waals surface area (Å²) in [5, 5.41) is 0. The summed E-state index contributed by atoms with van der Waals surface area (Å²) in [5.41, 5.74) is 10.2. The van der Waals surface area contributed by atoms with E-state index in [1.54, 1.807) is 0 Å². The van der Waals surface area contributed by atoms with Crippen LogP contribution >= 0.6 is 0 Å². The lowest BCUT2D eigenvalue weighted by Gasteiger charge is -2.20. The highest BCUT2D eigenvalue weighted by atomic mass is 14.7. The minimum atomic E-state index is 0.0658. The average Bonchev–Trinajstić information content (AvgIpc) is 2.28. The van der Waals surface area contributed by atoms with Crippen molar-refractivity contribution < 1.29 is 0 Å². The highest BCUT2D eigenvalue weighted by Gasteiger charge is 2.14. The minimum Gasteiger partial charge on any atom is -0.321 e. The van der Waals surface area contributed by atoms with E-state index < -0.39 is 0 Å². The Balaban J connectivity index is 2.18. The Hall–Kier alpha value is -1.15. The summed E-state index contributed by atoms with van der Waals surface area (Å²) >= 11 is 0. The van der Waals surface area contributed by atoms with E-state index in [0.29, 0.717) is 0 Å². The van der Waals surface area contributed by atoms with Crippen LogP contribution in [0.4, 0.5) is 0 Å². The van der Waals surface area contributed by atoms with Crippen molar-refractivity contribution in [3.8, 4) is 0 Å². The van der Waals surface area contributed by atoms with E-state index in [4.69, 9.17) is 5.73 Å². The topological polar surface area (TPSA) is 38.9 Å². The van der Waals surface area contributed by atoms with Crippen LogP contribution in [0.25, 0.3) is 0 Å². The third kappa shape index (κ3) is 3.16. The molecule has 0 bridgehead atoms. The van der Waals surface area contributed by atoms with Gasteiger partial charge >= 0.3 is 0 Å². The van der Waals surface area contributed by atoms with Crippen molar-refractivity contribution in [2.75, 3.05) is 0 Å². The predicted molar refractivity (Wildman–Crippen MR) is 71.7 cm³/mol. The van der Waals surface area contributed by atoms with Gasteiger partial charge in [-0.15, -0.1) is 0 Å². The number of hydrogen-bond acceptors (Lipinski definition) is 2. The molecule has 1 heterocycles. The molecule has 1 unspecified atom stereocenters. The summed E-state index contributed by atoms with van der Waals surface area (Å²) in [4.78, 5) is 4.13. The number of nitrogens with two attached hydrogens (primary N) is 1. The highest BCUT2D eigenvalue weighted by Crippen LogP contribution is 2.28. The zero-order valence-corrected chi connectivity index (χ0v) is 10.7. The molecule has 0 radical (unpaired) electrons. The van der Waals surface area contributed by atoms with Crippen molar-refractivity contribution in [1.82, 2.24) is 4.98 Å². The Morgan fingerprint density at radius 3 is 2.88 bits per heavy atom. The van der Waals surface area contributed by atoms with Crippen molar-refractivity contribution in [3.63, 3.8) is 0 Å². The first kappa shape index (κ1) is 12.3. The second-order valence-electron chi connectivity index (χ2n) is 4.94. The van der Waals surface area contributed by atoms with Crippen LogP contribution in [-0.2, 0) is 0 Å². The zero-order chi connectivity index (χ0) is 12.1. The van der Waals surface area contributed by atoms with Crippen molar-refractivity contribution >= 4 is 0 Å². The van der Waals surface area contributed by atoms with Crippen LogP contribution in [0.3, 0.4) is 0 Å². The van der Waals surface area contributed by atoms with Gasteiger partial charge in [-0.25, -0.2) is 0 Å². The molecule has 1 aliphatic carbocycles. The SMILES string of the molecule is Cc1cnccc1C(N)/C1=C/CCCCCC1. The lowest BCUT2D eigenvalue weighted by Crippen LogP contribution is -2.15.